The van der Waals surface area contributed by atoms with E-state index in [9.17, 15) is 0 Å². The van der Waals surface area contributed by atoms with Gasteiger partial charge >= 0.3 is 0 Å². The molecule has 0 radical (unpaired) electrons. The average Bonchev–Trinajstić information content (AvgIpc) is 2.99. The summed E-state index contributed by atoms with van der Waals surface area (Å²) in [6.07, 6.45) is 17.3. The summed E-state index contributed by atoms with van der Waals surface area (Å²) in [5.41, 5.74) is 13.7. The van der Waals surface area contributed by atoms with Gasteiger partial charge in [0.1, 0.15) is 0 Å². The second kappa shape index (κ2) is 21.7. The van der Waals surface area contributed by atoms with Crippen LogP contribution in [0.4, 0.5) is 5.69 Å². The minimum Gasteiger partial charge on any atom is -0.321 e. The van der Waals surface area contributed by atoms with E-state index in [1.54, 1.807) is 0 Å². The van der Waals surface area contributed by atoms with Gasteiger partial charge in [-0.2, -0.15) is 11.8 Å². The van der Waals surface area contributed by atoms with Gasteiger partial charge in [-0.05, 0) is 81.0 Å². The number of thioether (sulfide) groups is 1. The average molecular weight is 600 g/mol. The Morgan fingerprint density at radius 1 is 1.21 bits per heavy atom. The number of benzene rings is 1. The molecule has 1 aromatic rings. The largest absolute Gasteiger partial charge is 0.321 e. The summed E-state index contributed by atoms with van der Waals surface area (Å²) in [5, 5.41) is 14.0. The van der Waals surface area contributed by atoms with Crippen molar-refractivity contribution in [3.63, 3.8) is 0 Å². The lowest BCUT2D eigenvalue weighted by molar-refractivity contribution is 0.0906. The second-order valence-electron chi connectivity index (χ2n) is 11.2. The molecule has 1 fully saturated rings. The maximum Gasteiger partial charge on any atom is 0.0751 e. The van der Waals surface area contributed by atoms with Crippen LogP contribution in [0, 0.1) is 23.2 Å². The molecule has 0 aliphatic carbocycles. The van der Waals surface area contributed by atoms with Crippen molar-refractivity contribution in [3.05, 3.63) is 66.3 Å². The molecule has 1 aliphatic rings. The molecule has 0 aromatic heterocycles. The maximum atomic E-state index is 7.40. The predicted octanol–water partition coefficient (Wildman–Crippen LogP) is 6.51. The Labute approximate surface area is 262 Å². The molecule has 7 nitrogen and oxygen atoms in total. The summed E-state index contributed by atoms with van der Waals surface area (Å²) in [5.74, 6) is 1.25. The summed E-state index contributed by atoms with van der Waals surface area (Å²) in [7, 11) is 6.05. The number of likely N-dealkylation sites (tertiary alicyclic amines) is 1. The molecule has 2 rings (SSSR count). The lowest BCUT2D eigenvalue weighted by atomic mass is 9.92. The van der Waals surface area contributed by atoms with E-state index in [2.05, 4.69) is 115 Å². The summed E-state index contributed by atoms with van der Waals surface area (Å²) < 4.78 is 0. The fraction of sp³-hybridized carbons (Fsp3) is 0.618. The third-order valence-electron chi connectivity index (χ3n) is 7.78. The smallest absolute Gasteiger partial charge is 0.0751 e. The van der Waals surface area contributed by atoms with E-state index < -0.39 is 0 Å². The Hall–Kier alpha value is -1.94. The van der Waals surface area contributed by atoms with Crippen LogP contribution in [-0.4, -0.2) is 74.6 Å². The van der Waals surface area contributed by atoms with E-state index in [4.69, 9.17) is 5.41 Å². The monoisotopic (exact) mass is 599 g/mol. The molecule has 0 amide bonds. The summed E-state index contributed by atoms with van der Waals surface area (Å²) in [4.78, 5) is 2.66. The van der Waals surface area contributed by atoms with Crippen LogP contribution in [0.1, 0.15) is 64.6 Å². The maximum absolute atomic E-state index is 7.40. The zero-order valence-corrected chi connectivity index (χ0v) is 28.7. The highest BCUT2D eigenvalue weighted by atomic mass is 32.2. The van der Waals surface area contributed by atoms with Crippen LogP contribution in [-0.2, 0) is 6.42 Å². The molecule has 238 valence electrons. The van der Waals surface area contributed by atoms with Gasteiger partial charge in [0.2, 0.25) is 0 Å². The highest BCUT2D eigenvalue weighted by Gasteiger charge is 2.30. The van der Waals surface area contributed by atoms with Gasteiger partial charge in [0.15, 0.2) is 0 Å². The molecule has 0 spiro atoms. The molecular weight excluding hydrogens is 538 g/mol. The first-order valence-corrected chi connectivity index (χ1v) is 17.0. The third kappa shape index (κ3) is 13.1. The van der Waals surface area contributed by atoms with Crippen molar-refractivity contribution in [1.82, 2.24) is 26.1 Å². The topological polar surface area (TPSA) is 78.4 Å². The van der Waals surface area contributed by atoms with Gasteiger partial charge in [-0.3, -0.25) is 5.32 Å². The molecule has 42 heavy (non-hydrogen) atoms. The first kappa shape index (κ1) is 38.1. The van der Waals surface area contributed by atoms with Gasteiger partial charge in [0.05, 0.1) is 11.9 Å². The molecule has 8 heteroatoms. The SMILES string of the molecule is C=CC(C)C(CN1CCC[C@@H](C(NC(C)c2ccc(NNC)c(CC(C=CC=N)/C=C\C)c2)NN(C)C)C1)SC.CC. The van der Waals surface area contributed by atoms with Crippen LogP contribution in [0.5, 0.6) is 0 Å². The van der Waals surface area contributed by atoms with Gasteiger partial charge in [-0.15, -0.1) is 6.58 Å². The van der Waals surface area contributed by atoms with Gasteiger partial charge in [0, 0.05) is 57.7 Å². The van der Waals surface area contributed by atoms with Crippen LogP contribution >= 0.6 is 11.8 Å². The fourth-order valence-corrected chi connectivity index (χ4v) is 6.42. The Morgan fingerprint density at radius 2 is 1.95 bits per heavy atom. The normalized spacial score (nSPS) is 19.6. The summed E-state index contributed by atoms with van der Waals surface area (Å²) in [6.45, 7) is 18.0. The Balaban J connectivity index is 0.00000431. The van der Waals surface area contributed by atoms with Gasteiger partial charge < -0.3 is 15.7 Å². The first-order valence-electron chi connectivity index (χ1n) is 15.7. The molecule has 0 saturated carbocycles. The Bertz CT molecular complexity index is 948. The number of rotatable bonds is 18. The highest BCUT2D eigenvalue weighted by molar-refractivity contribution is 7.99. The van der Waals surface area contributed by atoms with Crippen molar-refractivity contribution in [3.8, 4) is 0 Å². The number of allylic oxidation sites excluding steroid dienone is 5. The third-order valence-corrected chi connectivity index (χ3v) is 8.96. The molecule has 5 N–H and O–H groups in total. The van der Waals surface area contributed by atoms with Crippen LogP contribution in [0.2, 0.25) is 0 Å². The fourth-order valence-electron chi connectivity index (χ4n) is 5.52. The molecule has 1 saturated heterocycles. The van der Waals surface area contributed by atoms with Crippen molar-refractivity contribution in [2.75, 3.05) is 52.5 Å². The standard InChI is InChI=1S/C32H55N7S.C2H6/c1-9-13-26(14-11-18-33)20-29-21-27(16-17-30(29)36-34-5)25(4)35-32(37-38(6)7)28-15-12-19-39(22-28)23-31(40-8)24(3)10-2;1-2/h9-11,13-14,16-18,21,24-26,28,31-37H,2,12,15,19-20,22-23H2,1,3-8H3;1-2H3/b13-9-,14-11?,33-18?;/t24?,25?,26?,28-,31?,32?;/m1./s1. The van der Waals surface area contributed by atoms with Crippen LogP contribution in [0.15, 0.2) is 55.2 Å². The summed E-state index contributed by atoms with van der Waals surface area (Å²) in [6, 6.07) is 6.89. The predicted molar refractivity (Wildman–Crippen MR) is 188 cm³/mol. The number of nitrogens with one attached hydrogen (secondary N) is 5. The number of piperidine rings is 1. The Kier molecular flexibility index (Phi) is 19.7. The second-order valence-corrected chi connectivity index (χ2v) is 12.2. The minimum absolute atomic E-state index is 0.169. The van der Waals surface area contributed by atoms with E-state index in [0.717, 1.165) is 25.2 Å². The number of hydrazine groups is 2. The van der Waals surface area contributed by atoms with Crippen molar-refractivity contribution in [2.45, 2.75) is 71.3 Å². The molecule has 1 aromatic carbocycles. The van der Waals surface area contributed by atoms with E-state index in [1.165, 1.54) is 36.7 Å². The zero-order valence-electron chi connectivity index (χ0n) is 27.9. The molecule has 1 heterocycles. The lowest BCUT2D eigenvalue weighted by Gasteiger charge is -2.41. The molecule has 6 atom stereocenters. The van der Waals surface area contributed by atoms with E-state index in [0.29, 0.717) is 17.1 Å². The molecular formula is C34H61N7S. The van der Waals surface area contributed by atoms with E-state index in [1.807, 2.05) is 45.7 Å². The van der Waals surface area contributed by atoms with E-state index in [-0.39, 0.29) is 18.1 Å². The zero-order chi connectivity index (χ0) is 31.5. The van der Waals surface area contributed by atoms with Crippen LogP contribution in [0.3, 0.4) is 0 Å². The van der Waals surface area contributed by atoms with Crippen molar-refractivity contribution in [1.29, 1.82) is 5.41 Å². The number of hydrogen-bond acceptors (Lipinski definition) is 8. The lowest BCUT2D eigenvalue weighted by Crippen LogP contribution is -2.57. The summed E-state index contributed by atoms with van der Waals surface area (Å²) >= 11 is 1.96. The van der Waals surface area contributed by atoms with Gasteiger partial charge in [-0.25, -0.2) is 15.9 Å². The van der Waals surface area contributed by atoms with Crippen LogP contribution in [0.25, 0.3) is 0 Å². The highest BCUT2D eigenvalue weighted by Crippen LogP contribution is 2.28. The van der Waals surface area contributed by atoms with E-state index >= 15 is 0 Å². The number of anilines is 1. The van der Waals surface area contributed by atoms with Crippen LogP contribution < -0.4 is 21.6 Å². The Morgan fingerprint density at radius 3 is 2.55 bits per heavy atom. The number of hydrogen-bond donors (Lipinski definition) is 5. The first-order chi connectivity index (χ1) is 20.3. The van der Waals surface area contributed by atoms with Crippen molar-refractivity contribution in [2.24, 2.45) is 17.8 Å². The quantitative estimate of drug-likeness (QED) is 0.0570. The van der Waals surface area contributed by atoms with Crippen molar-refractivity contribution < 1.29 is 0 Å². The minimum atomic E-state index is 0.169. The molecule has 1 aliphatic heterocycles. The van der Waals surface area contributed by atoms with Gasteiger partial charge in [0.25, 0.3) is 0 Å². The number of nitrogens with zero attached hydrogens (tertiary/aromatic N) is 2. The van der Waals surface area contributed by atoms with Crippen molar-refractivity contribution >= 4 is 23.7 Å². The van der Waals surface area contributed by atoms with Gasteiger partial charge in [-0.1, -0.05) is 57.2 Å². The molecule has 0 bridgehead atoms. The molecule has 5 unspecified atom stereocenters.